The Labute approximate surface area is 186 Å². The minimum Gasteiger partial charge on any atom is -0.383 e. The molecule has 0 saturated carbocycles. The first-order valence-corrected chi connectivity index (χ1v) is 12.2. The van der Waals surface area contributed by atoms with E-state index >= 15 is 0 Å². The van der Waals surface area contributed by atoms with Crippen LogP contribution >= 0.6 is 23.1 Å². The number of thiophene rings is 1. The monoisotopic (exact) mass is 474 g/mol. The molecule has 1 amide bonds. The third-order valence-corrected chi connectivity index (χ3v) is 8.07. The molecule has 1 atom stereocenters. The molecule has 4 rings (SSSR count). The van der Waals surface area contributed by atoms with Gasteiger partial charge in [0.2, 0.25) is 5.91 Å². The van der Waals surface area contributed by atoms with Crippen molar-refractivity contribution < 1.29 is 23.1 Å². The average molecular weight is 475 g/mol. The Morgan fingerprint density at radius 1 is 1.32 bits per heavy atom. The van der Waals surface area contributed by atoms with Crippen LogP contribution in [-0.2, 0) is 30.2 Å². The van der Waals surface area contributed by atoms with Gasteiger partial charge in [-0.25, -0.2) is 0 Å². The maximum Gasteiger partial charge on any atom is 0.433 e. The number of piperidine rings is 1. The highest BCUT2D eigenvalue weighted by Crippen LogP contribution is 2.46. The van der Waals surface area contributed by atoms with Crippen LogP contribution in [0.25, 0.3) is 0 Å². The molecule has 2 aromatic rings. The second kappa shape index (κ2) is 9.13. The number of aryl methyl sites for hydroxylation is 1. The van der Waals surface area contributed by atoms with Crippen molar-refractivity contribution in [3.63, 3.8) is 0 Å². The molecule has 2 aliphatic heterocycles. The van der Waals surface area contributed by atoms with Gasteiger partial charge in [0.1, 0.15) is 16.8 Å². The van der Waals surface area contributed by atoms with Crippen LogP contribution in [0.2, 0.25) is 0 Å². The first kappa shape index (κ1) is 22.6. The predicted molar refractivity (Wildman–Crippen MR) is 115 cm³/mol. The van der Waals surface area contributed by atoms with Gasteiger partial charge in [0.25, 0.3) is 0 Å². The maximum atomic E-state index is 13.6. The highest BCUT2D eigenvalue weighted by molar-refractivity contribution is 7.98. The lowest BCUT2D eigenvalue weighted by atomic mass is 9.97. The second-order valence-corrected chi connectivity index (χ2v) is 10.1. The quantitative estimate of drug-likeness (QED) is 0.690. The van der Waals surface area contributed by atoms with Gasteiger partial charge >= 0.3 is 6.18 Å². The summed E-state index contributed by atoms with van der Waals surface area (Å²) >= 11 is 3.09. The number of aliphatic hydroxyl groups excluding tert-OH is 1. The molecule has 2 aliphatic rings. The first-order chi connectivity index (χ1) is 14.8. The van der Waals surface area contributed by atoms with Crippen LogP contribution in [0.15, 0.2) is 6.20 Å². The number of hydrogen-bond donors (Lipinski definition) is 2. The number of thioether (sulfide) groups is 1. The smallest absolute Gasteiger partial charge is 0.383 e. The summed E-state index contributed by atoms with van der Waals surface area (Å²) in [6.07, 6.45) is -1.17. The average Bonchev–Trinajstić information content (AvgIpc) is 3.28. The van der Waals surface area contributed by atoms with E-state index in [9.17, 15) is 23.1 Å². The summed E-state index contributed by atoms with van der Waals surface area (Å²) in [7, 11) is 1.21. The lowest BCUT2D eigenvalue weighted by molar-refractivity contribution is -0.145. The Bertz CT molecular complexity index is 951. The fourth-order valence-electron chi connectivity index (χ4n) is 4.28. The number of aromatic nitrogens is 2. The van der Waals surface area contributed by atoms with Crippen LogP contribution in [0.3, 0.4) is 0 Å². The number of rotatable bonds is 5. The SMILES string of the molecule is Cn1ncc(C(O)c2c(NC(=O)CN3CCCCC3)sc3c2CCSC3)c1C(F)(F)F. The zero-order chi connectivity index (χ0) is 22.2. The molecule has 2 N–H and O–H groups in total. The van der Waals surface area contributed by atoms with E-state index < -0.39 is 18.0 Å². The number of nitrogens with zero attached hydrogens (tertiary/aromatic N) is 3. The van der Waals surface area contributed by atoms with Crippen LogP contribution in [0, 0.1) is 0 Å². The predicted octanol–water partition coefficient (Wildman–Crippen LogP) is 3.80. The Hall–Kier alpha value is -1.56. The van der Waals surface area contributed by atoms with Crippen molar-refractivity contribution in [2.75, 3.05) is 30.7 Å². The molecule has 0 spiro atoms. The number of alkyl halides is 3. The van der Waals surface area contributed by atoms with E-state index in [1.807, 2.05) is 0 Å². The molecule has 0 aromatic carbocycles. The fraction of sp³-hybridized carbons (Fsp3) is 0.600. The van der Waals surface area contributed by atoms with Crippen molar-refractivity contribution in [3.05, 3.63) is 33.5 Å². The number of fused-ring (bicyclic) bond motifs is 1. The van der Waals surface area contributed by atoms with Crippen molar-refractivity contribution in [1.29, 1.82) is 0 Å². The Morgan fingerprint density at radius 3 is 2.77 bits per heavy atom. The molecule has 6 nitrogen and oxygen atoms in total. The van der Waals surface area contributed by atoms with Gasteiger partial charge < -0.3 is 10.4 Å². The van der Waals surface area contributed by atoms with Crippen molar-refractivity contribution in [1.82, 2.24) is 14.7 Å². The highest BCUT2D eigenvalue weighted by Gasteiger charge is 2.40. The minimum absolute atomic E-state index is 0.205. The number of hydrogen-bond acceptors (Lipinski definition) is 6. The summed E-state index contributed by atoms with van der Waals surface area (Å²) in [5.74, 6) is 1.34. The third kappa shape index (κ3) is 4.79. The van der Waals surface area contributed by atoms with Crippen molar-refractivity contribution in [3.8, 4) is 0 Å². The van der Waals surface area contributed by atoms with E-state index in [1.165, 1.54) is 18.4 Å². The molecule has 0 radical (unpaired) electrons. The molecule has 0 bridgehead atoms. The molecule has 1 unspecified atom stereocenters. The molecule has 170 valence electrons. The minimum atomic E-state index is -4.65. The molecule has 1 saturated heterocycles. The van der Waals surface area contributed by atoms with Crippen LogP contribution < -0.4 is 5.32 Å². The lowest BCUT2D eigenvalue weighted by Crippen LogP contribution is -2.36. The van der Waals surface area contributed by atoms with Crippen LogP contribution in [0.5, 0.6) is 0 Å². The molecule has 31 heavy (non-hydrogen) atoms. The van der Waals surface area contributed by atoms with Crippen molar-refractivity contribution >= 4 is 34.0 Å². The van der Waals surface area contributed by atoms with E-state index in [0.717, 1.165) is 65.2 Å². The highest BCUT2D eigenvalue weighted by atomic mass is 32.2. The molecule has 4 heterocycles. The molecule has 0 aliphatic carbocycles. The second-order valence-electron chi connectivity index (χ2n) is 7.91. The van der Waals surface area contributed by atoms with Crippen LogP contribution in [0.1, 0.15) is 52.6 Å². The zero-order valence-corrected chi connectivity index (χ0v) is 18.8. The topological polar surface area (TPSA) is 70.4 Å². The van der Waals surface area contributed by atoms with E-state index in [-0.39, 0.29) is 18.0 Å². The van der Waals surface area contributed by atoms with E-state index in [2.05, 4.69) is 15.3 Å². The number of nitrogens with one attached hydrogen (secondary N) is 1. The normalized spacial score (nSPS) is 18.6. The molecular formula is C20H25F3N4O2S2. The van der Waals surface area contributed by atoms with Crippen LogP contribution in [-0.4, -0.2) is 51.1 Å². The summed E-state index contributed by atoms with van der Waals surface area (Å²) in [6, 6.07) is 0. The van der Waals surface area contributed by atoms with Crippen molar-refractivity contribution in [2.24, 2.45) is 7.05 Å². The van der Waals surface area contributed by atoms with Gasteiger partial charge in [-0.05, 0) is 43.7 Å². The standard InChI is InChI=1S/C20H25F3N4O2S2/c1-26-18(20(21,22)23)13(9-24-26)17(29)16-12-5-8-30-11-14(12)31-19(16)25-15(28)10-27-6-3-2-4-7-27/h9,17,29H,2-8,10-11H2,1H3,(H,25,28). The van der Waals surface area contributed by atoms with E-state index in [0.29, 0.717) is 17.0 Å². The lowest BCUT2D eigenvalue weighted by Gasteiger charge is -2.25. The van der Waals surface area contributed by atoms with Gasteiger partial charge in [-0.1, -0.05) is 6.42 Å². The number of anilines is 1. The zero-order valence-electron chi connectivity index (χ0n) is 17.2. The van der Waals surface area contributed by atoms with Crippen molar-refractivity contribution in [2.45, 2.75) is 43.7 Å². The number of amides is 1. The molecular weight excluding hydrogens is 449 g/mol. The van der Waals surface area contributed by atoms with Gasteiger partial charge in [0.15, 0.2) is 0 Å². The van der Waals surface area contributed by atoms with Crippen LogP contribution in [0.4, 0.5) is 18.2 Å². The fourth-order valence-corrected chi connectivity index (χ4v) is 6.71. The number of halogens is 3. The summed E-state index contributed by atoms with van der Waals surface area (Å²) in [5.41, 5.74) is -0.0385. The van der Waals surface area contributed by atoms with Gasteiger partial charge in [-0.15, -0.1) is 11.3 Å². The Kier molecular flexibility index (Phi) is 6.66. The summed E-state index contributed by atoms with van der Waals surface area (Å²) in [6.45, 7) is 1.98. The van der Waals surface area contributed by atoms with Gasteiger partial charge in [0, 0.05) is 28.8 Å². The molecule has 2 aromatic heterocycles. The molecule has 1 fully saturated rings. The van der Waals surface area contributed by atoms with E-state index in [1.54, 1.807) is 11.8 Å². The Balaban J connectivity index is 1.65. The van der Waals surface area contributed by atoms with Gasteiger partial charge in [0.05, 0.1) is 12.7 Å². The third-order valence-electron chi connectivity index (χ3n) is 5.73. The summed E-state index contributed by atoms with van der Waals surface area (Å²) in [4.78, 5) is 15.8. The first-order valence-electron chi connectivity index (χ1n) is 10.3. The number of aliphatic hydroxyl groups is 1. The van der Waals surface area contributed by atoms with Gasteiger partial charge in [-0.2, -0.15) is 30.0 Å². The number of carbonyl (C=O) groups is 1. The summed E-state index contributed by atoms with van der Waals surface area (Å²) < 4.78 is 41.6. The summed E-state index contributed by atoms with van der Waals surface area (Å²) in [5, 5.41) is 18.2. The van der Waals surface area contributed by atoms with E-state index in [4.69, 9.17) is 0 Å². The number of carbonyl (C=O) groups excluding carboxylic acids is 1. The molecule has 11 heteroatoms. The largest absolute Gasteiger partial charge is 0.433 e. The maximum absolute atomic E-state index is 13.6. The Morgan fingerprint density at radius 2 is 2.06 bits per heavy atom. The van der Waals surface area contributed by atoms with Gasteiger partial charge in [-0.3, -0.25) is 14.4 Å². The number of likely N-dealkylation sites (tertiary alicyclic amines) is 1.